The molecule has 1 amide bonds. The van der Waals surface area contributed by atoms with Crippen LogP contribution in [0.2, 0.25) is 0 Å². The van der Waals surface area contributed by atoms with E-state index in [1.54, 1.807) is 30.3 Å². The first kappa shape index (κ1) is 18.3. The van der Waals surface area contributed by atoms with Crippen molar-refractivity contribution < 1.29 is 22.0 Å². The van der Waals surface area contributed by atoms with Gasteiger partial charge in [0.2, 0.25) is 10.0 Å². The SMILES string of the molecule is CN1N(Cl)N(NS(=O)(=O)Cc2ccccc2)C(=O)C1(Cl)C(F)F. The highest BCUT2D eigenvalue weighted by molar-refractivity contribution is 7.88. The Kier molecular flexibility index (Phi) is 5.14. The van der Waals surface area contributed by atoms with Gasteiger partial charge in [-0.2, -0.15) is 10.1 Å². The lowest BCUT2D eigenvalue weighted by molar-refractivity contribution is -0.140. The van der Waals surface area contributed by atoms with E-state index in [1.807, 2.05) is 4.83 Å². The van der Waals surface area contributed by atoms with Gasteiger partial charge in [-0.15, -0.1) is 4.83 Å². The van der Waals surface area contributed by atoms with Crippen LogP contribution in [-0.2, 0) is 20.6 Å². The van der Waals surface area contributed by atoms with Gasteiger partial charge in [0.05, 0.1) is 5.75 Å². The zero-order valence-electron chi connectivity index (χ0n) is 11.7. The summed E-state index contributed by atoms with van der Waals surface area (Å²) >= 11 is 11.3. The van der Waals surface area contributed by atoms with Gasteiger partial charge in [0.15, 0.2) is 0 Å². The lowest BCUT2D eigenvalue weighted by Gasteiger charge is -2.26. The Morgan fingerprint density at radius 1 is 1.30 bits per heavy atom. The molecule has 0 aliphatic carbocycles. The summed E-state index contributed by atoms with van der Waals surface area (Å²) in [5.41, 5.74) is 0.437. The van der Waals surface area contributed by atoms with E-state index >= 15 is 0 Å². The fraction of sp³-hybridized carbons (Fsp3) is 0.364. The molecule has 1 N–H and O–H groups in total. The van der Waals surface area contributed by atoms with Crippen molar-refractivity contribution in [2.75, 3.05) is 7.05 Å². The summed E-state index contributed by atoms with van der Waals surface area (Å²) < 4.78 is 50.7. The summed E-state index contributed by atoms with van der Waals surface area (Å²) in [6, 6.07) is 8.08. The average Bonchev–Trinajstić information content (AvgIpc) is 2.64. The number of likely N-dealkylation sites (N-methyl/N-ethyl adjacent to an activating group) is 1. The molecule has 12 heteroatoms. The van der Waals surface area contributed by atoms with Gasteiger partial charge in [-0.1, -0.05) is 41.9 Å². The molecule has 1 atom stereocenters. The van der Waals surface area contributed by atoms with Crippen molar-refractivity contribution in [3.63, 3.8) is 0 Å². The van der Waals surface area contributed by atoms with Crippen molar-refractivity contribution >= 4 is 39.3 Å². The molecule has 1 aliphatic heterocycles. The summed E-state index contributed by atoms with van der Waals surface area (Å²) in [4.78, 5) is 11.1. The molecule has 128 valence electrons. The highest BCUT2D eigenvalue weighted by Gasteiger charge is 2.61. The number of nitrogens with one attached hydrogen (secondary N) is 1. The molecule has 1 unspecified atom stereocenters. The molecule has 0 spiro atoms. The quantitative estimate of drug-likeness (QED) is 0.467. The number of carbonyl (C=O) groups excluding carboxylic acids is 1. The molecule has 0 radical (unpaired) electrons. The first-order chi connectivity index (χ1) is 10.6. The Bertz CT molecular complexity index is 694. The summed E-state index contributed by atoms with van der Waals surface area (Å²) in [6.07, 6.45) is -3.30. The fourth-order valence-electron chi connectivity index (χ4n) is 1.88. The molecule has 1 aromatic carbocycles. The van der Waals surface area contributed by atoms with E-state index in [0.29, 0.717) is 15.2 Å². The van der Waals surface area contributed by atoms with E-state index in [2.05, 4.69) is 0 Å². The second-order valence-electron chi connectivity index (χ2n) is 4.69. The minimum absolute atomic E-state index is 0.221. The minimum atomic E-state index is -4.08. The Labute approximate surface area is 141 Å². The molecule has 1 saturated heterocycles. The van der Waals surface area contributed by atoms with Crippen molar-refractivity contribution in [3.05, 3.63) is 35.9 Å². The van der Waals surface area contributed by atoms with Gasteiger partial charge in [0.1, 0.15) is 0 Å². The molecule has 1 fully saturated rings. The molecule has 0 aromatic heterocycles. The van der Waals surface area contributed by atoms with Gasteiger partial charge in [-0.25, -0.2) is 17.2 Å². The molecule has 0 saturated carbocycles. The number of hydrogen-bond acceptors (Lipinski definition) is 5. The van der Waals surface area contributed by atoms with Crippen molar-refractivity contribution in [3.8, 4) is 0 Å². The van der Waals surface area contributed by atoms with E-state index < -0.39 is 33.1 Å². The van der Waals surface area contributed by atoms with Gasteiger partial charge in [0.25, 0.3) is 17.3 Å². The van der Waals surface area contributed by atoms with Crippen LogP contribution in [0.15, 0.2) is 30.3 Å². The second kappa shape index (κ2) is 6.46. The lowest BCUT2D eigenvalue weighted by atomic mass is 10.2. The molecule has 23 heavy (non-hydrogen) atoms. The molecule has 7 nitrogen and oxygen atoms in total. The van der Waals surface area contributed by atoms with E-state index in [4.69, 9.17) is 23.4 Å². The van der Waals surface area contributed by atoms with Gasteiger partial charge in [-0.05, 0) is 10.2 Å². The van der Waals surface area contributed by atoms with Gasteiger partial charge in [-0.3, -0.25) is 4.79 Å². The van der Waals surface area contributed by atoms with Gasteiger partial charge >= 0.3 is 0 Å². The number of nitrogens with zero attached hydrogens (tertiary/aromatic N) is 3. The van der Waals surface area contributed by atoms with Crippen molar-refractivity contribution in [1.82, 2.24) is 19.6 Å². The maximum atomic E-state index is 13.1. The number of hydrazine groups is 3. The fourth-order valence-corrected chi connectivity index (χ4v) is 3.46. The van der Waals surface area contributed by atoms with Crippen LogP contribution in [0, 0.1) is 0 Å². The second-order valence-corrected chi connectivity index (χ2v) is 7.27. The van der Waals surface area contributed by atoms with Gasteiger partial charge < -0.3 is 0 Å². The van der Waals surface area contributed by atoms with Crippen LogP contribution in [0.25, 0.3) is 0 Å². The molecule has 0 bridgehead atoms. The smallest absolute Gasteiger partial charge is 0.268 e. The third kappa shape index (κ3) is 3.42. The number of hydrogen-bond donors (Lipinski definition) is 1. The number of rotatable bonds is 5. The summed E-state index contributed by atoms with van der Waals surface area (Å²) in [7, 11) is -3.06. The summed E-state index contributed by atoms with van der Waals surface area (Å²) in [5, 5.41) is 0.743. The Balaban J connectivity index is 2.21. The van der Waals surface area contributed by atoms with Gasteiger partial charge in [0, 0.05) is 18.8 Å². The number of amides is 1. The normalized spacial score (nSPS) is 23.9. The molecular formula is C11H12Cl2F2N4O3S. The Morgan fingerprint density at radius 2 is 1.87 bits per heavy atom. The maximum absolute atomic E-state index is 13.1. The monoisotopic (exact) mass is 388 g/mol. The summed E-state index contributed by atoms with van der Waals surface area (Å²) in [5.74, 6) is -1.89. The number of benzene rings is 1. The highest BCUT2D eigenvalue weighted by atomic mass is 35.5. The molecule has 2 rings (SSSR count). The van der Waals surface area contributed by atoms with Crippen molar-refractivity contribution in [1.29, 1.82) is 0 Å². The van der Waals surface area contributed by atoms with Crippen LogP contribution in [0.3, 0.4) is 0 Å². The number of halogens is 4. The lowest BCUT2D eigenvalue weighted by Crippen LogP contribution is -2.51. The molecule has 1 aliphatic rings. The third-order valence-corrected chi connectivity index (χ3v) is 5.20. The first-order valence-corrected chi connectivity index (χ1v) is 8.51. The Morgan fingerprint density at radius 3 is 2.35 bits per heavy atom. The summed E-state index contributed by atoms with van der Waals surface area (Å²) in [6.45, 7) is 0. The predicted molar refractivity (Wildman–Crippen MR) is 79.1 cm³/mol. The highest BCUT2D eigenvalue weighted by Crippen LogP contribution is 2.37. The van der Waals surface area contributed by atoms with Crippen molar-refractivity contribution in [2.24, 2.45) is 0 Å². The minimum Gasteiger partial charge on any atom is -0.268 e. The number of sulfonamides is 1. The standard InChI is InChI=1S/C11H12Cl2F2N4O3S/c1-17-11(12,9(14)15)10(20)18(19(17)13)16-23(21,22)7-8-5-3-2-4-6-8/h2-6,9,16H,7H2,1H3. The Hall–Kier alpha value is -1.04. The number of carbonyl (C=O) groups is 1. The van der Waals surface area contributed by atoms with Crippen molar-refractivity contribution in [2.45, 2.75) is 17.2 Å². The van der Waals surface area contributed by atoms with Crippen LogP contribution in [0.1, 0.15) is 5.56 Å². The zero-order chi connectivity index (χ0) is 17.4. The first-order valence-electron chi connectivity index (χ1n) is 6.15. The average molecular weight is 389 g/mol. The van der Waals surface area contributed by atoms with Crippen LogP contribution >= 0.6 is 23.4 Å². The van der Waals surface area contributed by atoms with Crippen LogP contribution in [0.5, 0.6) is 0 Å². The maximum Gasteiger partial charge on any atom is 0.298 e. The van der Waals surface area contributed by atoms with E-state index in [1.165, 1.54) is 0 Å². The van der Waals surface area contributed by atoms with E-state index in [0.717, 1.165) is 7.05 Å². The number of alkyl halides is 3. The third-order valence-electron chi connectivity index (χ3n) is 3.09. The zero-order valence-corrected chi connectivity index (χ0v) is 14.0. The van der Waals surface area contributed by atoms with Crippen LogP contribution in [0.4, 0.5) is 8.78 Å². The topological polar surface area (TPSA) is 73.0 Å². The molecular weight excluding hydrogens is 377 g/mol. The predicted octanol–water partition coefficient (Wildman–Crippen LogP) is 1.28. The van der Waals surface area contributed by atoms with Crippen LogP contribution < -0.4 is 4.83 Å². The van der Waals surface area contributed by atoms with E-state index in [-0.39, 0.29) is 5.12 Å². The van der Waals surface area contributed by atoms with E-state index in [9.17, 15) is 22.0 Å². The van der Waals surface area contributed by atoms with Crippen LogP contribution in [-0.4, -0.2) is 47.6 Å². The molecule has 1 aromatic rings. The molecule has 1 heterocycles. The largest absolute Gasteiger partial charge is 0.298 e.